The lowest BCUT2D eigenvalue weighted by molar-refractivity contribution is -0.134. The summed E-state index contributed by atoms with van der Waals surface area (Å²) in [4.78, 5) is 22.2. The molecular weight excluding hydrogens is 236 g/mol. The van der Waals surface area contributed by atoms with Gasteiger partial charge in [-0.2, -0.15) is 0 Å². The minimum atomic E-state index is -0.428. The number of para-hydroxylation sites is 1. The predicted molar refractivity (Wildman–Crippen MR) is 63.0 cm³/mol. The summed E-state index contributed by atoms with van der Waals surface area (Å²) >= 11 is 0. The Morgan fingerprint density at radius 2 is 2.17 bits per heavy atom. The van der Waals surface area contributed by atoms with Crippen LogP contribution in [-0.4, -0.2) is 36.4 Å². The molecule has 1 heterocycles. The third-order valence-electron chi connectivity index (χ3n) is 2.31. The molecule has 94 valence electrons. The van der Waals surface area contributed by atoms with Crippen LogP contribution in [0.15, 0.2) is 29.4 Å². The summed E-state index contributed by atoms with van der Waals surface area (Å²) in [5, 5.41) is 5.19. The molecule has 0 saturated carbocycles. The van der Waals surface area contributed by atoms with Crippen molar-refractivity contribution in [2.45, 2.75) is 6.92 Å². The molecule has 0 aromatic heterocycles. The van der Waals surface area contributed by atoms with E-state index in [4.69, 9.17) is 9.47 Å². The number of likely N-dealkylation sites (N-methyl/N-ethyl adjacent to an activating group) is 1. The molecule has 0 atom stereocenters. The number of amides is 1. The van der Waals surface area contributed by atoms with Gasteiger partial charge in [0.1, 0.15) is 5.75 Å². The smallest absolute Gasteiger partial charge is 0.308 e. The van der Waals surface area contributed by atoms with E-state index in [9.17, 15) is 9.59 Å². The topological polar surface area (TPSA) is 68.2 Å². The average Bonchev–Trinajstić information content (AvgIpc) is 2.33. The van der Waals surface area contributed by atoms with Crippen LogP contribution in [0.25, 0.3) is 0 Å². The van der Waals surface area contributed by atoms with Crippen molar-refractivity contribution in [2.75, 3.05) is 13.7 Å². The molecule has 18 heavy (non-hydrogen) atoms. The fourth-order valence-electron chi connectivity index (χ4n) is 1.46. The number of hydrogen-bond acceptors (Lipinski definition) is 5. The van der Waals surface area contributed by atoms with Crippen molar-refractivity contribution in [2.24, 2.45) is 5.10 Å². The number of carbonyl (C=O) groups excluding carboxylic acids is 2. The Labute approximate surface area is 104 Å². The van der Waals surface area contributed by atoms with E-state index >= 15 is 0 Å². The third kappa shape index (κ3) is 2.48. The standard InChI is InChI=1S/C12H12N2O4/c1-8(15)18-10-6-4-3-5-9(10)12-13-14(2)11(16)7-17-12/h3-6H,7H2,1-2H3. The van der Waals surface area contributed by atoms with E-state index in [0.29, 0.717) is 11.3 Å². The van der Waals surface area contributed by atoms with Crippen molar-refractivity contribution in [3.8, 4) is 5.75 Å². The zero-order valence-corrected chi connectivity index (χ0v) is 10.0. The molecule has 0 bridgehead atoms. The number of benzene rings is 1. The van der Waals surface area contributed by atoms with E-state index in [1.165, 1.54) is 11.9 Å². The van der Waals surface area contributed by atoms with Gasteiger partial charge in [-0.3, -0.25) is 9.59 Å². The molecule has 0 saturated heterocycles. The van der Waals surface area contributed by atoms with Crippen molar-refractivity contribution in [1.29, 1.82) is 0 Å². The van der Waals surface area contributed by atoms with E-state index in [0.717, 1.165) is 0 Å². The number of hydrogen-bond donors (Lipinski definition) is 0. The molecular formula is C12H12N2O4. The molecule has 6 heteroatoms. The first kappa shape index (κ1) is 12.1. The van der Waals surface area contributed by atoms with Crippen LogP contribution in [0.4, 0.5) is 0 Å². The van der Waals surface area contributed by atoms with Gasteiger partial charge in [0.05, 0.1) is 5.56 Å². The van der Waals surface area contributed by atoms with Crippen LogP contribution in [-0.2, 0) is 14.3 Å². The summed E-state index contributed by atoms with van der Waals surface area (Å²) < 4.78 is 10.3. The molecule has 0 fully saturated rings. The summed E-state index contributed by atoms with van der Waals surface area (Å²) in [5.41, 5.74) is 0.534. The normalized spacial score (nSPS) is 14.9. The van der Waals surface area contributed by atoms with Crippen molar-refractivity contribution in [3.05, 3.63) is 29.8 Å². The van der Waals surface area contributed by atoms with Gasteiger partial charge >= 0.3 is 5.97 Å². The van der Waals surface area contributed by atoms with E-state index in [-0.39, 0.29) is 18.4 Å². The first-order chi connectivity index (χ1) is 8.58. The van der Waals surface area contributed by atoms with Gasteiger partial charge < -0.3 is 9.47 Å². The Balaban J connectivity index is 2.36. The molecule has 1 aromatic carbocycles. The first-order valence-electron chi connectivity index (χ1n) is 5.33. The highest BCUT2D eigenvalue weighted by Gasteiger charge is 2.22. The van der Waals surface area contributed by atoms with Gasteiger partial charge in [0.25, 0.3) is 5.91 Å². The monoisotopic (exact) mass is 248 g/mol. The first-order valence-corrected chi connectivity index (χ1v) is 5.33. The van der Waals surface area contributed by atoms with Crippen LogP contribution in [0.3, 0.4) is 0 Å². The lowest BCUT2D eigenvalue weighted by atomic mass is 10.2. The molecule has 0 aliphatic carbocycles. The second-order valence-electron chi connectivity index (χ2n) is 3.70. The fraction of sp³-hybridized carbons (Fsp3) is 0.250. The molecule has 1 aromatic rings. The molecule has 0 unspecified atom stereocenters. The van der Waals surface area contributed by atoms with Crippen molar-refractivity contribution >= 4 is 17.8 Å². The van der Waals surface area contributed by atoms with Gasteiger partial charge in [-0.25, -0.2) is 5.01 Å². The molecule has 2 rings (SSSR count). The highest BCUT2D eigenvalue weighted by atomic mass is 16.5. The zero-order valence-electron chi connectivity index (χ0n) is 10.0. The average molecular weight is 248 g/mol. The Kier molecular flexibility index (Phi) is 3.27. The summed E-state index contributed by atoms with van der Waals surface area (Å²) in [5.74, 6) is -0.0487. The van der Waals surface area contributed by atoms with Gasteiger partial charge in [-0.05, 0) is 12.1 Å². The van der Waals surface area contributed by atoms with Crippen LogP contribution >= 0.6 is 0 Å². The van der Waals surface area contributed by atoms with E-state index in [1.807, 2.05) is 0 Å². The SMILES string of the molecule is CC(=O)Oc1ccccc1C1=NN(C)C(=O)CO1. The summed E-state index contributed by atoms with van der Waals surface area (Å²) in [7, 11) is 1.54. The summed E-state index contributed by atoms with van der Waals surface area (Å²) in [6.45, 7) is 1.24. The Hall–Kier alpha value is -2.37. The van der Waals surface area contributed by atoms with Gasteiger partial charge in [-0.1, -0.05) is 12.1 Å². The highest BCUT2D eigenvalue weighted by molar-refractivity contribution is 6.00. The summed E-state index contributed by atoms with van der Waals surface area (Å²) in [6.07, 6.45) is 0. The van der Waals surface area contributed by atoms with Crippen LogP contribution < -0.4 is 4.74 Å². The number of carbonyl (C=O) groups is 2. The van der Waals surface area contributed by atoms with Gasteiger partial charge in [0, 0.05) is 14.0 Å². The largest absolute Gasteiger partial charge is 0.466 e. The zero-order chi connectivity index (χ0) is 13.1. The molecule has 0 spiro atoms. The van der Waals surface area contributed by atoms with E-state index < -0.39 is 5.97 Å². The maximum absolute atomic E-state index is 11.2. The third-order valence-corrected chi connectivity index (χ3v) is 2.31. The predicted octanol–water partition coefficient (Wildman–Crippen LogP) is 0.762. The molecule has 1 amide bonds. The number of rotatable bonds is 2. The number of hydrazone groups is 1. The second kappa shape index (κ2) is 4.87. The minimum Gasteiger partial charge on any atom is -0.466 e. The van der Waals surface area contributed by atoms with Gasteiger partial charge in [-0.15, -0.1) is 5.10 Å². The number of esters is 1. The number of ether oxygens (including phenoxy) is 2. The van der Waals surface area contributed by atoms with Crippen LogP contribution in [0.5, 0.6) is 5.75 Å². The number of nitrogens with zero attached hydrogens (tertiary/aromatic N) is 2. The lowest BCUT2D eigenvalue weighted by Gasteiger charge is -2.21. The molecule has 6 nitrogen and oxygen atoms in total. The molecule has 0 N–H and O–H groups in total. The van der Waals surface area contributed by atoms with E-state index in [2.05, 4.69) is 5.10 Å². The van der Waals surface area contributed by atoms with Crippen molar-refractivity contribution in [3.63, 3.8) is 0 Å². The maximum atomic E-state index is 11.2. The van der Waals surface area contributed by atoms with Crippen LogP contribution in [0.1, 0.15) is 12.5 Å². The Bertz CT molecular complexity index is 525. The lowest BCUT2D eigenvalue weighted by Crippen LogP contribution is -2.34. The second-order valence-corrected chi connectivity index (χ2v) is 3.70. The maximum Gasteiger partial charge on any atom is 0.308 e. The minimum absolute atomic E-state index is 0.0796. The van der Waals surface area contributed by atoms with Gasteiger partial charge in [0.2, 0.25) is 5.90 Å². The van der Waals surface area contributed by atoms with Gasteiger partial charge in [0.15, 0.2) is 6.61 Å². The fourth-order valence-corrected chi connectivity index (χ4v) is 1.46. The molecule has 1 aliphatic rings. The van der Waals surface area contributed by atoms with Crippen molar-refractivity contribution < 1.29 is 19.1 Å². The Morgan fingerprint density at radius 1 is 1.44 bits per heavy atom. The van der Waals surface area contributed by atoms with E-state index in [1.54, 1.807) is 31.3 Å². The Morgan fingerprint density at radius 3 is 2.83 bits per heavy atom. The van der Waals surface area contributed by atoms with Crippen molar-refractivity contribution in [1.82, 2.24) is 5.01 Å². The van der Waals surface area contributed by atoms with Crippen LogP contribution in [0, 0.1) is 0 Å². The van der Waals surface area contributed by atoms with Crippen LogP contribution in [0.2, 0.25) is 0 Å². The molecule has 0 radical (unpaired) electrons. The highest BCUT2D eigenvalue weighted by Crippen LogP contribution is 2.21. The summed E-state index contributed by atoms with van der Waals surface area (Å²) in [6, 6.07) is 6.85. The molecule has 1 aliphatic heterocycles. The quantitative estimate of drug-likeness (QED) is 0.572.